The Balaban J connectivity index is 2.20. The molecule has 0 unspecified atom stereocenters. The van der Waals surface area contributed by atoms with Crippen molar-refractivity contribution in [2.24, 2.45) is 7.05 Å². The third-order valence-electron chi connectivity index (χ3n) is 4.70. The summed E-state index contributed by atoms with van der Waals surface area (Å²) in [4.78, 5) is 26.4. The zero-order valence-corrected chi connectivity index (χ0v) is 14.0. The zero-order chi connectivity index (χ0) is 16.4. The quantitative estimate of drug-likeness (QED) is 0.774. The fourth-order valence-corrected chi connectivity index (χ4v) is 3.00. The second-order valence-corrected chi connectivity index (χ2v) is 6.03. The molecular formula is C16H25N3O3. The van der Waals surface area contributed by atoms with Crippen LogP contribution in [0.4, 0.5) is 0 Å². The third kappa shape index (κ3) is 3.00. The Morgan fingerprint density at radius 2 is 2.05 bits per heavy atom. The van der Waals surface area contributed by atoms with Crippen molar-refractivity contribution in [3.05, 3.63) is 17.0 Å². The summed E-state index contributed by atoms with van der Waals surface area (Å²) in [6.07, 6.45) is 3.30. The smallest absolute Gasteiger partial charge is 0.328 e. The predicted octanol–water partition coefficient (Wildman–Crippen LogP) is 1.52. The van der Waals surface area contributed by atoms with E-state index in [1.807, 2.05) is 20.9 Å². The number of ether oxygens (including phenoxy) is 1. The number of carbonyl (C=O) groups is 2. The molecule has 0 aromatic carbocycles. The molecule has 1 aromatic heterocycles. The van der Waals surface area contributed by atoms with Crippen LogP contribution in [0, 0.1) is 13.8 Å². The average molecular weight is 307 g/mol. The normalized spacial score (nSPS) is 16.0. The van der Waals surface area contributed by atoms with Gasteiger partial charge in [0.15, 0.2) is 0 Å². The summed E-state index contributed by atoms with van der Waals surface area (Å²) in [5.74, 6) is -0.387. The Morgan fingerprint density at radius 1 is 1.41 bits per heavy atom. The Labute approximate surface area is 131 Å². The van der Waals surface area contributed by atoms with Crippen molar-refractivity contribution in [2.45, 2.75) is 58.5 Å². The highest BCUT2D eigenvalue weighted by atomic mass is 16.5. The van der Waals surface area contributed by atoms with Crippen LogP contribution in [0.15, 0.2) is 0 Å². The van der Waals surface area contributed by atoms with Gasteiger partial charge in [0, 0.05) is 24.3 Å². The molecule has 1 aliphatic rings. The summed E-state index contributed by atoms with van der Waals surface area (Å²) in [6, 6.07) is -0.390. The molecule has 1 aliphatic carbocycles. The van der Waals surface area contributed by atoms with Crippen molar-refractivity contribution in [3.8, 4) is 0 Å². The molecular weight excluding hydrogens is 282 g/mol. The van der Waals surface area contributed by atoms with Gasteiger partial charge in [-0.05, 0) is 40.0 Å². The van der Waals surface area contributed by atoms with Crippen LogP contribution in [-0.2, 0) is 27.8 Å². The van der Waals surface area contributed by atoms with Crippen molar-refractivity contribution >= 4 is 11.9 Å². The van der Waals surface area contributed by atoms with Crippen LogP contribution in [0.25, 0.3) is 0 Å². The van der Waals surface area contributed by atoms with E-state index in [1.165, 1.54) is 7.11 Å². The molecule has 1 fully saturated rings. The van der Waals surface area contributed by atoms with Gasteiger partial charge < -0.3 is 9.64 Å². The van der Waals surface area contributed by atoms with Crippen molar-refractivity contribution < 1.29 is 14.3 Å². The van der Waals surface area contributed by atoms with Crippen molar-refractivity contribution in [1.82, 2.24) is 14.7 Å². The van der Waals surface area contributed by atoms with Gasteiger partial charge in [-0.25, -0.2) is 4.79 Å². The SMILES string of the molecule is COC(=O)[C@H](C)N(C(=O)Cc1c(C)nn(C)c1C)C1CCC1. The van der Waals surface area contributed by atoms with Crippen LogP contribution in [-0.4, -0.2) is 45.8 Å². The van der Waals surface area contributed by atoms with Crippen molar-refractivity contribution in [2.75, 3.05) is 7.11 Å². The standard InChI is InChI=1S/C16H25N3O3/c1-10-14(11(2)18(4)17-10)9-15(20)19(13-7-6-8-13)12(3)16(21)22-5/h12-13H,6-9H2,1-5H3/t12-/m0/s1. The molecule has 0 radical (unpaired) electrons. The molecule has 1 amide bonds. The van der Waals surface area contributed by atoms with Crippen LogP contribution in [0.2, 0.25) is 0 Å². The van der Waals surface area contributed by atoms with Gasteiger partial charge >= 0.3 is 5.97 Å². The first-order chi connectivity index (χ1) is 10.4. The van der Waals surface area contributed by atoms with Crippen LogP contribution in [0.5, 0.6) is 0 Å². The molecule has 22 heavy (non-hydrogen) atoms. The molecule has 0 aliphatic heterocycles. The van der Waals surface area contributed by atoms with Gasteiger partial charge in [0.05, 0.1) is 19.2 Å². The first kappa shape index (κ1) is 16.5. The summed E-state index contributed by atoms with van der Waals surface area (Å²) in [5.41, 5.74) is 2.81. The summed E-state index contributed by atoms with van der Waals surface area (Å²) >= 11 is 0. The highest BCUT2D eigenvalue weighted by Gasteiger charge is 2.36. The number of aryl methyl sites for hydroxylation is 2. The predicted molar refractivity (Wildman–Crippen MR) is 82.3 cm³/mol. The minimum Gasteiger partial charge on any atom is -0.467 e. The molecule has 1 heterocycles. The number of hydrogen-bond acceptors (Lipinski definition) is 4. The van der Waals surface area contributed by atoms with Crippen LogP contribution in [0.1, 0.15) is 43.1 Å². The number of nitrogens with zero attached hydrogens (tertiary/aromatic N) is 3. The molecule has 0 spiro atoms. The average Bonchev–Trinajstić information content (AvgIpc) is 2.67. The first-order valence-electron chi connectivity index (χ1n) is 7.74. The summed E-state index contributed by atoms with van der Waals surface area (Å²) in [5, 5.41) is 4.35. The number of hydrogen-bond donors (Lipinski definition) is 0. The lowest BCUT2D eigenvalue weighted by molar-refractivity contribution is -0.155. The number of rotatable bonds is 5. The van der Waals surface area contributed by atoms with Crippen molar-refractivity contribution in [1.29, 1.82) is 0 Å². The van der Waals surface area contributed by atoms with E-state index in [9.17, 15) is 9.59 Å². The maximum absolute atomic E-state index is 12.8. The number of methoxy groups -OCH3 is 1. The molecule has 0 saturated heterocycles. The Kier molecular flexibility index (Phi) is 4.88. The van der Waals surface area contributed by atoms with E-state index in [2.05, 4.69) is 5.10 Å². The molecule has 0 bridgehead atoms. The summed E-state index contributed by atoms with van der Waals surface area (Å²) in [7, 11) is 3.23. The third-order valence-corrected chi connectivity index (χ3v) is 4.70. The number of amides is 1. The summed E-state index contributed by atoms with van der Waals surface area (Å²) < 4.78 is 6.60. The second kappa shape index (κ2) is 6.50. The van der Waals surface area contributed by atoms with Gasteiger partial charge in [0.1, 0.15) is 6.04 Å². The van der Waals surface area contributed by atoms with Gasteiger partial charge in [-0.2, -0.15) is 5.10 Å². The van der Waals surface area contributed by atoms with Gasteiger partial charge in [0.2, 0.25) is 5.91 Å². The molecule has 122 valence electrons. The highest BCUT2D eigenvalue weighted by Crippen LogP contribution is 2.28. The fourth-order valence-electron chi connectivity index (χ4n) is 3.00. The molecule has 0 N–H and O–H groups in total. The van der Waals surface area contributed by atoms with E-state index in [1.54, 1.807) is 16.5 Å². The lowest BCUT2D eigenvalue weighted by Crippen LogP contribution is -2.52. The van der Waals surface area contributed by atoms with Crippen molar-refractivity contribution in [3.63, 3.8) is 0 Å². The minimum atomic E-state index is -0.542. The molecule has 1 saturated carbocycles. The number of carbonyl (C=O) groups excluding carboxylic acids is 2. The Hall–Kier alpha value is -1.85. The monoisotopic (exact) mass is 307 g/mol. The summed E-state index contributed by atoms with van der Waals surface area (Å²) in [6.45, 7) is 5.61. The fraction of sp³-hybridized carbons (Fsp3) is 0.688. The molecule has 6 heteroatoms. The van der Waals surface area contributed by atoms with E-state index in [0.717, 1.165) is 36.2 Å². The zero-order valence-electron chi connectivity index (χ0n) is 14.0. The first-order valence-corrected chi connectivity index (χ1v) is 7.74. The maximum Gasteiger partial charge on any atom is 0.328 e. The van der Waals surface area contributed by atoms with Crippen LogP contribution < -0.4 is 0 Å². The lowest BCUT2D eigenvalue weighted by Gasteiger charge is -2.40. The molecule has 1 aromatic rings. The number of esters is 1. The van der Waals surface area contributed by atoms with E-state index in [0.29, 0.717) is 0 Å². The van der Waals surface area contributed by atoms with Crippen LogP contribution >= 0.6 is 0 Å². The van der Waals surface area contributed by atoms with Gasteiger partial charge in [-0.15, -0.1) is 0 Å². The lowest BCUT2D eigenvalue weighted by atomic mass is 9.89. The van der Waals surface area contributed by atoms with E-state index < -0.39 is 6.04 Å². The molecule has 2 rings (SSSR count). The van der Waals surface area contributed by atoms with E-state index >= 15 is 0 Å². The Bertz CT molecular complexity index is 575. The topological polar surface area (TPSA) is 64.4 Å². The Morgan fingerprint density at radius 3 is 2.45 bits per heavy atom. The van der Waals surface area contributed by atoms with E-state index in [4.69, 9.17) is 4.74 Å². The second-order valence-electron chi connectivity index (χ2n) is 6.03. The minimum absolute atomic E-state index is 0.0261. The molecule has 6 nitrogen and oxygen atoms in total. The molecule has 1 atom stereocenters. The van der Waals surface area contributed by atoms with Gasteiger partial charge in [-0.1, -0.05) is 0 Å². The number of aromatic nitrogens is 2. The largest absolute Gasteiger partial charge is 0.467 e. The van der Waals surface area contributed by atoms with E-state index in [-0.39, 0.29) is 24.3 Å². The maximum atomic E-state index is 12.8. The van der Waals surface area contributed by atoms with Gasteiger partial charge in [-0.3, -0.25) is 9.48 Å². The van der Waals surface area contributed by atoms with Gasteiger partial charge in [0.25, 0.3) is 0 Å². The van der Waals surface area contributed by atoms with Crippen LogP contribution in [0.3, 0.4) is 0 Å². The highest BCUT2D eigenvalue weighted by molar-refractivity contribution is 5.86.